The van der Waals surface area contributed by atoms with Gasteiger partial charge in [0, 0.05) is 18.3 Å². The Balaban J connectivity index is 1.36. The van der Waals surface area contributed by atoms with Gasteiger partial charge >= 0.3 is 0 Å². The minimum absolute atomic E-state index is 0.230. The number of sulfonamides is 1. The number of nitrogens with zero attached hydrogens (tertiary/aromatic N) is 3. The highest BCUT2D eigenvalue weighted by atomic mass is 35.5. The van der Waals surface area contributed by atoms with Crippen LogP contribution in [0.3, 0.4) is 0 Å². The molecule has 0 spiro atoms. The van der Waals surface area contributed by atoms with Crippen LogP contribution in [0.2, 0.25) is 5.02 Å². The number of benzene rings is 2. The third-order valence-electron chi connectivity index (χ3n) is 5.40. The summed E-state index contributed by atoms with van der Waals surface area (Å²) in [6.45, 7) is 2.77. The van der Waals surface area contributed by atoms with Gasteiger partial charge in [-0.05, 0) is 24.3 Å². The summed E-state index contributed by atoms with van der Waals surface area (Å²) in [5, 5.41) is 6.54. The van der Waals surface area contributed by atoms with Crippen LogP contribution in [0.25, 0.3) is 0 Å². The maximum atomic E-state index is 11.7. The van der Waals surface area contributed by atoms with E-state index in [1.54, 1.807) is 24.3 Å². The molecule has 0 unspecified atom stereocenters. The van der Waals surface area contributed by atoms with Crippen molar-refractivity contribution >= 4 is 56.1 Å². The number of aromatic nitrogens is 2. The highest BCUT2D eigenvalue weighted by Gasteiger charge is 2.30. The second kappa shape index (κ2) is 9.16. The van der Waals surface area contributed by atoms with E-state index in [1.807, 2.05) is 18.2 Å². The van der Waals surface area contributed by atoms with E-state index in [4.69, 9.17) is 21.1 Å². The molecule has 0 bridgehead atoms. The normalized spacial score (nSPS) is 17.2. The van der Waals surface area contributed by atoms with Crippen molar-refractivity contribution in [1.29, 1.82) is 0 Å². The average molecular weight is 503 g/mol. The Kier molecular flexibility index (Phi) is 6.07. The second-order valence-corrected chi connectivity index (χ2v) is 10.1. The van der Waals surface area contributed by atoms with E-state index < -0.39 is 10.0 Å². The first-order valence-electron chi connectivity index (χ1n) is 10.6. The molecule has 5 rings (SSSR count). The molecule has 12 heteroatoms. The fourth-order valence-corrected chi connectivity index (χ4v) is 4.61. The van der Waals surface area contributed by atoms with Gasteiger partial charge in [0.25, 0.3) is 0 Å². The van der Waals surface area contributed by atoms with E-state index in [0.717, 1.165) is 29.9 Å². The van der Waals surface area contributed by atoms with Crippen molar-refractivity contribution in [3.8, 4) is 5.75 Å². The number of ether oxygens (including phenoxy) is 2. The molecule has 0 amide bonds. The molecule has 1 aromatic heterocycles. The topological polar surface area (TPSA) is 118 Å². The molecule has 1 saturated heterocycles. The molecule has 3 heterocycles. The van der Waals surface area contributed by atoms with Gasteiger partial charge in [-0.15, -0.1) is 0 Å². The molecule has 0 radical (unpaired) electrons. The fraction of sp³-hybridized carbons (Fsp3) is 0.273. The Morgan fingerprint density at radius 1 is 1.12 bits per heavy atom. The molecular formula is C22H23ClN6O4S. The van der Waals surface area contributed by atoms with Crippen molar-refractivity contribution in [3.05, 3.63) is 53.7 Å². The van der Waals surface area contributed by atoms with E-state index in [1.165, 1.54) is 6.20 Å². The lowest BCUT2D eigenvalue weighted by Crippen LogP contribution is -2.51. The van der Waals surface area contributed by atoms with Crippen LogP contribution in [-0.4, -0.2) is 57.0 Å². The molecule has 0 aliphatic carbocycles. The lowest BCUT2D eigenvalue weighted by molar-refractivity contribution is 0.0705. The summed E-state index contributed by atoms with van der Waals surface area (Å²) in [5.74, 6) is 1.43. The molecule has 3 aromatic rings. The molecular weight excluding hydrogens is 480 g/mol. The maximum absolute atomic E-state index is 11.7. The first kappa shape index (κ1) is 22.5. The van der Waals surface area contributed by atoms with Crippen molar-refractivity contribution in [2.24, 2.45) is 0 Å². The average Bonchev–Trinajstić information content (AvgIpc) is 2.81. The number of halogens is 1. The Hall–Kier alpha value is -3.28. The molecule has 0 saturated carbocycles. The van der Waals surface area contributed by atoms with Gasteiger partial charge in [-0.25, -0.2) is 13.4 Å². The third-order valence-corrected chi connectivity index (χ3v) is 6.27. The largest absolute Gasteiger partial charge is 0.489 e. The zero-order chi connectivity index (χ0) is 23.7. The first-order chi connectivity index (χ1) is 16.4. The monoisotopic (exact) mass is 502 g/mol. The van der Waals surface area contributed by atoms with Crippen molar-refractivity contribution in [1.82, 2.24) is 9.97 Å². The lowest BCUT2D eigenvalue weighted by atomic mass is 10.1. The Bertz CT molecular complexity index is 1320. The summed E-state index contributed by atoms with van der Waals surface area (Å²) in [4.78, 5) is 11.0. The minimum atomic E-state index is -3.46. The van der Waals surface area contributed by atoms with E-state index in [2.05, 4.69) is 30.2 Å². The second-order valence-electron chi connectivity index (χ2n) is 7.98. The van der Waals surface area contributed by atoms with E-state index in [9.17, 15) is 8.42 Å². The maximum Gasteiger partial charge on any atom is 0.229 e. The van der Waals surface area contributed by atoms with Crippen molar-refractivity contribution in [2.75, 3.05) is 52.9 Å². The third kappa shape index (κ3) is 4.96. The highest BCUT2D eigenvalue weighted by molar-refractivity contribution is 7.92. The van der Waals surface area contributed by atoms with Crippen molar-refractivity contribution < 1.29 is 17.9 Å². The van der Waals surface area contributed by atoms with Gasteiger partial charge in [-0.2, -0.15) is 4.98 Å². The Labute approximate surface area is 202 Å². The van der Waals surface area contributed by atoms with Gasteiger partial charge in [0.1, 0.15) is 17.4 Å². The minimum Gasteiger partial charge on any atom is -0.489 e. The molecule has 2 aromatic carbocycles. The van der Waals surface area contributed by atoms with Crippen molar-refractivity contribution in [2.45, 2.75) is 6.04 Å². The quantitative estimate of drug-likeness (QED) is 0.464. The van der Waals surface area contributed by atoms with Gasteiger partial charge in [-0.3, -0.25) is 4.72 Å². The molecule has 2 aliphatic rings. The smallest absolute Gasteiger partial charge is 0.229 e. The number of nitrogens with one attached hydrogen (secondary N) is 3. The number of morpholine rings is 1. The summed E-state index contributed by atoms with van der Waals surface area (Å²) in [6.07, 6.45) is 2.56. The zero-order valence-electron chi connectivity index (χ0n) is 18.3. The number of hydrogen-bond donors (Lipinski definition) is 3. The summed E-state index contributed by atoms with van der Waals surface area (Å²) >= 11 is 6.30. The number of rotatable bonds is 6. The Morgan fingerprint density at radius 2 is 1.94 bits per heavy atom. The van der Waals surface area contributed by atoms with Crippen LogP contribution in [0.15, 0.2) is 48.7 Å². The number of para-hydroxylation sites is 2. The van der Waals surface area contributed by atoms with Gasteiger partial charge < -0.3 is 25.0 Å². The van der Waals surface area contributed by atoms with Gasteiger partial charge in [0.2, 0.25) is 16.0 Å². The van der Waals surface area contributed by atoms with E-state index in [-0.39, 0.29) is 11.1 Å². The van der Waals surface area contributed by atoms with Crippen molar-refractivity contribution in [3.63, 3.8) is 0 Å². The lowest BCUT2D eigenvalue weighted by Gasteiger charge is -2.41. The summed E-state index contributed by atoms with van der Waals surface area (Å²) in [5.41, 5.74) is 2.68. The van der Waals surface area contributed by atoms with Crippen LogP contribution in [0.1, 0.15) is 0 Å². The molecule has 3 N–H and O–H groups in total. The van der Waals surface area contributed by atoms with E-state index in [0.29, 0.717) is 43.0 Å². The van der Waals surface area contributed by atoms with Crippen LogP contribution >= 0.6 is 11.6 Å². The van der Waals surface area contributed by atoms with Gasteiger partial charge in [0.15, 0.2) is 5.82 Å². The predicted octanol–water partition coefficient (Wildman–Crippen LogP) is 3.59. The summed E-state index contributed by atoms with van der Waals surface area (Å²) in [6, 6.07) is 13.0. The molecule has 10 nitrogen and oxygen atoms in total. The molecule has 1 atom stereocenters. The SMILES string of the molecule is CS(=O)(=O)Nc1ccccc1Nc1nc(Nc2ccc3c(c2)OC[C@H]2COCCN32)ncc1Cl. The van der Waals surface area contributed by atoms with E-state index >= 15 is 0 Å². The molecule has 34 heavy (non-hydrogen) atoms. The van der Waals surface area contributed by atoms with Crippen LogP contribution < -0.4 is 25.0 Å². The van der Waals surface area contributed by atoms with Crippen LogP contribution in [0.4, 0.5) is 34.5 Å². The number of anilines is 6. The number of fused-ring (bicyclic) bond motifs is 3. The van der Waals surface area contributed by atoms with Crippen LogP contribution in [-0.2, 0) is 14.8 Å². The molecule has 2 aliphatic heterocycles. The first-order valence-corrected chi connectivity index (χ1v) is 12.9. The highest BCUT2D eigenvalue weighted by Crippen LogP contribution is 2.37. The van der Waals surface area contributed by atoms with Crippen LogP contribution in [0, 0.1) is 0 Å². The Morgan fingerprint density at radius 3 is 2.76 bits per heavy atom. The number of hydrogen-bond acceptors (Lipinski definition) is 9. The van der Waals surface area contributed by atoms with Gasteiger partial charge in [-0.1, -0.05) is 23.7 Å². The summed E-state index contributed by atoms with van der Waals surface area (Å²) < 4.78 is 37.4. The molecule has 1 fully saturated rings. The zero-order valence-corrected chi connectivity index (χ0v) is 19.9. The predicted molar refractivity (Wildman–Crippen MR) is 132 cm³/mol. The molecule has 178 valence electrons. The van der Waals surface area contributed by atoms with Gasteiger partial charge in [0.05, 0.1) is 48.8 Å². The van der Waals surface area contributed by atoms with Crippen LogP contribution in [0.5, 0.6) is 5.75 Å². The fourth-order valence-electron chi connectivity index (χ4n) is 3.89. The summed E-state index contributed by atoms with van der Waals surface area (Å²) in [7, 11) is -3.46. The standard InChI is InChI=1S/C22H23ClN6O4S/c1-34(30,31)28-18-5-3-2-4-17(18)26-21-16(23)11-24-22(27-21)25-14-6-7-19-20(10-14)33-13-15-12-32-9-8-29(15)19/h2-7,10-11,15,28H,8-9,12-13H2,1H3,(H2,24,25,26,27)/t15-/m1/s1.